The number of carbonyl (C=O) groups is 2. The molecule has 0 bridgehead atoms. The number of anilines is 1. The van der Waals surface area contributed by atoms with E-state index in [0.29, 0.717) is 23.4 Å². The Labute approximate surface area is 154 Å². The molecule has 0 fully saturated rings. The second-order valence-corrected chi connectivity index (χ2v) is 7.26. The van der Waals surface area contributed by atoms with E-state index in [1.165, 1.54) is 28.7 Å². The molecule has 27 heavy (non-hydrogen) atoms. The molecule has 1 aromatic carbocycles. The van der Waals surface area contributed by atoms with E-state index in [-0.39, 0.29) is 27.5 Å². The van der Waals surface area contributed by atoms with Crippen molar-refractivity contribution in [3.63, 3.8) is 0 Å². The molecular formula is C17H10N4O5S. The van der Waals surface area contributed by atoms with Crippen LogP contribution in [0.3, 0.4) is 0 Å². The van der Waals surface area contributed by atoms with E-state index in [9.17, 15) is 24.5 Å². The molecule has 2 amide bonds. The van der Waals surface area contributed by atoms with Gasteiger partial charge in [-0.1, -0.05) is 23.5 Å². The number of nitrogens with zero attached hydrogens (tertiary/aromatic N) is 4. The number of amides is 2. The third kappa shape index (κ3) is 1.98. The lowest BCUT2D eigenvalue weighted by atomic mass is 10.2. The molecule has 10 heteroatoms. The summed E-state index contributed by atoms with van der Waals surface area (Å²) in [5, 5.41) is 11.3. The van der Waals surface area contributed by atoms with Crippen LogP contribution in [-0.2, 0) is 12.8 Å². The second kappa shape index (κ2) is 5.30. The summed E-state index contributed by atoms with van der Waals surface area (Å²) in [6, 6.07) is 5.52. The molecular weight excluding hydrogens is 372 g/mol. The summed E-state index contributed by atoms with van der Waals surface area (Å²) in [5.41, 5.74) is 0.412. The fourth-order valence-electron chi connectivity index (χ4n) is 3.64. The first-order valence-corrected chi connectivity index (χ1v) is 9.00. The van der Waals surface area contributed by atoms with Crippen molar-refractivity contribution in [2.45, 2.75) is 19.3 Å². The number of carbonyl (C=O) groups excluding carboxylic acids is 2. The summed E-state index contributed by atoms with van der Waals surface area (Å²) in [6.07, 6.45) is 2.12. The Balaban J connectivity index is 1.75. The molecule has 9 nitrogen and oxygen atoms in total. The van der Waals surface area contributed by atoms with Gasteiger partial charge in [0.05, 0.1) is 10.6 Å². The SMILES string of the molecule is O=C1c2sc3nc4c(c(=O)n3c2C(=O)N1c1ccccc1[N+](=O)[O-])CCC4. The Bertz CT molecular complexity index is 1260. The van der Waals surface area contributed by atoms with Gasteiger partial charge in [-0.2, -0.15) is 0 Å². The van der Waals surface area contributed by atoms with Gasteiger partial charge in [0.1, 0.15) is 16.3 Å². The Hall–Kier alpha value is -3.40. The number of fused-ring (bicyclic) bond motifs is 4. The van der Waals surface area contributed by atoms with E-state index in [4.69, 9.17) is 0 Å². The van der Waals surface area contributed by atoms with Crippen LogP contribution in [0.5, 0.6) is 0 Å². The first-order chi connectivity index (χ1) is 13.0. The predicted molar refractivity (Wildman–Crippen MR) is 95.6 cm³/mol. The van der Waals surface area contributed by atoms with Crippen LogP contribution in [-0.4, -0.2) is 26.1 Å². The van der Waals surface area contributed by atoms with Crippen molar-refractivity contribution in [2.75, 3.05) is 4.90 Å². The maximum atomic E-state index is 13.0. The first kappa shape index (κ1) is 15.8. The summed E-state index contributed by atoms with van der Waals surface area (Å²) in [6.45, 7) is 0. The summed E-state index contributed by atoms with van der Waals surface area (Å²) in [4.78, 5) is 54.9. The van der Waals surface area contributed by atoms with Crippen LogP contribution in [0, 0.1) is 10.1 Å². The van der Waals surface area contributed by atoms with Gasteiger partial charge in [0.2, 0.25) is 0 Å². The standard InChI is InChI=1S/C17H10N4O5S/c22-14-8-4-3-5-9(8)18-17-20(14)12-13(27-17)16(24)19(15(12)23)10-6-1-2-7-11(10)21(25)26/h1-2,6-7H,3-5H2. The molecule has 1 aliphatic carbocycles. The summed E-state index contributed by atoms with van der Waals surface area (Å²) in [5.74, 6) is -1.43. The van der Waals surface area contributed by atoms with E-state index in [0.717, 1.165) is 28.4 Å². The molecule has 3 heterocycles. The number of aryl methyl sites for hydroxylation is 1. The number of nitro benzene ring substituents is 1. The molecule has 1 aliphatic heterocycles. The molecule has 0 unspecified atom stereocenters. The fraction of sp³-hybridized carbons (Fsp3) is 0.176. The molecule has 3 aromatic rings. The zero-order valence-electron chi connectivity index (χ0n) is 13.7. The van der Waals surface area contributed by atoms with Crippen molar-refractivity contribution in [1.29, 1.82) is 0 Å². The minimum Gasteiger partial charge on any atom is -0.269 e. The molecule has 5 rings (SSSR count). The fourth-order valence-corrected chi connectivity index (χ4v) is 4.70. The normalized spacial score (nSPS) is 15.5. The van der Waals surface area contributed by atoms with Crippen LogP contribution < -0.4 is 10.5 Å². The van der Waals surface area contributed by atoms with Gasteiger partial charge in [-0.25, -0.2) is 14.3 Å². The third-order valence-corrected chi connectivity index (χ3v) is 5.85. The van der Waals surface area contributed by atoms with Crippen LogP contribution in [0.15, 0.2) is 29.1 Å². The monoisotopic (exact) mass is 382 g/mol. The van der Waals surface area contributed by atoms with Crippen molar-refractivity contribution in [2.24, 2.45) is 0 Å². The van der Waals surface area contributed by atoms with Gasteiger partial charge < -0.3 is 0 Å². The number of nitro groups is 1. The lowest BCUT2D eigenvalue weighted by molar-refractivity contribution is -0.384. The highest BCUT2D eigenvalue weighted by atomic mass is 32.1. The number of imide groups is 1. The van der Waals surface area contributed by atoms with Gasteiger partial charge in [-0.3, -0.25) is 24.5 Å². The Morgan fingerprint density at radius 1 is 1.11 bits per heavy atom. The molecule has 0 radical (unpaired) electrons. The lowest BCUT2D eigenvalue weighted by Gasteiger charge is -2.14. The zero-order chi connectivity index (χ0) is 18.9. The minimum absolute atomic E-state index is 0.0645. The highest BCUT2D eigenvalue weighted by Gasteiger charge is 2.44. The van der Waals surface area contributed by atoms with Crippen molar-refractivity contribution in [1.82, 2.24) is 9.38 Å². The van der Waals surface area contributed by atoms with E-state index < -0.39 is 16.7 Å². The smallest absolute Gasteiger partial charge is 0.269 e. The number of benzene rings is 1. The summed E-state index contributed by atoms with van der Waals surface area (Å²) < 4.78 is 1.18. The Morgan fingerprint density at radius 2 is 1.89 bits per heavy atom. The summed E-state index contributed by atoms with van der Waals surface area (Å²) in [7, 11) is 0. The molecule has 0 N–H and O–H groups in total. The number of aromatic nitrogens is 2. The maximum Gasteiger partial charge on any atom is 0.293 e. The minimum atomic E-state index is -0.752. The highest BCUT2D eigenvalue weighted by Crippen LogP contribution is 2.37. The van der Waals surface area contributed by atoms with Crippen LogP contribution in [0.4, 0.5) is 11.4 Å². The molecule has 2 aromatic heterocycles. The lowest BCUT2D eigenvalue weighted by Crippen LogP contribution is -2.32. The van der Waals surface area contributed by atoms with Gasteiger partial charge in [0.25, 0.3) is 23.1 Å². The maximum absolute atomic E-state index is 13.0. The molecule has 134 valence electrons. The van der Waals surface area contributed by atoms with Crippen molar-refractivity contribution in [3.05, 3.63) is 66.6 Å². The second-order valence-electron chi connectivity index (χ2n) is 6.29. The Morgan fingerprint density at radius 3 is 2.67 bits per heavy atom. The van der Waals surface area contributed by atoms with E-state index in [1.54, 1.807) is 0 Å². The summed E-state index contributed by atoms with van der Waals surface area (Å²) >= 11 is 0.961. The molecule has 2 aliphatic rings. The topological polar surface area (TPSA) is 115 Å². The number of rotatable bonds is 2. The molecule has 0 atom stereocenters. The van der Waals surface area contributed by atoms with E-state index in [2.05, 4.69) is 4.98 Å². The predicted octanol–water partition coefficient (Wildman–Crippen LogP) is 1.95. The zero-order valence-corrected chi connectivity index (χ0v) is 14.5. The van der Waals surface area contributed by atoms with Crippen molar-refractivity contribution >= 4 is 39.5 Å². The van der Waals surface area contributed by atoms with E-state index >= 15 is 0 Å². The molecule has 0 saturated carbocycles. The quantitative estimate of drug-likeness (QED) is 0.380. The molecule has 0 spiro atoms. The molecule has 0 saturated heterocycles. The average Bonchev–Trinajstić information content (AvgIpc) is 3.31. The number of hydrogen-bond donors (Lipinski definition) is 0. The van der Waals surface area contributed by atoms with Gasteiger partial charge in [-0.15, -0.1) is 0 Å². The highest BCUT2D eigenvalue weighted by molar-refractivity contribution is 7.19. The van der Waals surface area contributed by atoms with Crippen molar-refractivity contribution in [3.8, 4) is 0 Å². The van der Waals surface area contributed by atoms with Gasteiger partial charge in [-0.05, 0) is 25.3 Å². The number of hydrogen-bond acceptors (Lipinski definition) is 7. The van der Waals surface area contributed by atoms with Crippen LogP contribution in [0.25, 0.3) is 4.96 Å². The first-order valence-electron chi connectivity index (χ1n) is 8.18. The van der Waals surface area contributed by atoms with E-state index in [1.807, 2.05) is 0 Å². The van der Waals surface area contributed by atoms with Gasteiger partial charge >= 0.3 is 0 Å². The van der Waals surface area contributed by atoms with Crippen LogP contribution in [0.1, 0.15) is 37.8 Å². The number of para-hydroxylation sites is 2. The van der Waals surface area contributed by atoms with Crippen LogP contribution >= 0.6 is 11.3 Å². The Kier molecular flexibility index (Phi) is 3.11. The number of thiazole rings is 1. The average molecular weight is 382 g/mol. The third-order valence-electron chi connectivity index (χ3n) is 4.83. The van der Waals surface area contributed by atoms with Gasteiger partial charge in [0.15, 0.2) is 4.96 Å². The van der Waals surface area contributed by atoms with Gasteiger partial charge in [0, 0.05) is 11.6 Å². The van der Waals surface area contributed by atoms with Crippen molar-refractivity contribution < 1.29 is 14.5 Å². The largest absolute Gasteiger partial charge is 0.293 e. The van der Waals surface area contributed by atoms with Crippen LogP contribution in [0.2, 0.25) is 0 Å².